The number of rotatable bonds is 5. The number of nitrogens with one attached hydrogen (secondary N) is 2. The third kappa shape index (κ3) is 5.38. The molecular weight excluding hydrogens is 264 g/mol. The molecule has 0 radical (unpaired) electrons. The molecule has 1 saturated carbocycles. The molecule has 2 atom stereocenters. The molecule has 1 amide bonds. The van der Waals surface area contributed by atoms with Crippen molar-refractivity contribution in [3.8, 4) is 0 Å². The van der Waals surface area contributed by atoms with Crippen LogP contribution in [-0.2, 0) is 11.3 Å². The van der Waals surface area contributed by atoms with Crippen LogP contribution in [-0.4, -0.2) is 24.2 Å². The Balaban J connectivity index is 1.80. The molecule has 21 heavy (non-hydrogen) atoms. The second kappa shape index (κ2) is 8.03. The van der Waals surface area contributed by atoms with Crippen LogP contribution in [0, 0.1) is 0 Å². The number of benzene rings is 1. The topological polar surface area (TPSA) is 50.4 Å². The largest absolute Gasteiger partial charge is 0.445 e. The summed E-state index contributed by atoms with van der Waals surface area (Å²) in [7, 11) is 0. The van der Waals surface area contributed by atoms with E-state index in [1.807, 2.05) is 30.3 Å². The lowest BCUT2D eigenvalue weighted by Gasteiger charge is -2.33. The normalized spacial score (nSPS) is 22.0. The van der Waals surface area contributed by atoms with Crippen molar-refractivity contribution in [3.05, 3.63) is 35.9 Å². The minimum absolute atomic E-state index is 0.171. The molecule has 0 spiro atoms. The van der Waals surface area contributed by atoms with Gasteiger partial charge in [0.25, 0.3) is 0 Å². The molecule has 1 fully saturated rings. The predicted octanol–water partition coefficient (Wildman–Crippen LogP) is 3.22. The van der Waals surface area contributed by atoms with Crippen molar-refractivity contribution in [1.82, 2.24) is 10.6 Å². The molecule has 0 bridgehead atoms. The van der Waals surface area contributed by atoms with Crippen molar-refractivity contribution in [2.45, 2.75) is 64.3 Å². The Morgan fingerprint density at radius 2 is 1.86 bits per heavy atom. The summed E-state index contributed by atoms with van der Waals surface area (Å²) < 4.78 is 5.31. The maximum Gasteiger partial charge on any atom is 0.407 e. The van der Waals surface area contributed by atoms with E-state index in [0.29, 0.717) is 18.7 Å². The van der Waals surface area contributed by atoms with Crippen molar-refractivity contribution in [3.63, 3.8) is 0 Å². The fourth-order valence-corrected chi connectivity index (χ4v) is 2.85. The molecular formula is C17H26N2O2. The lowest BCUT2D eigenvalue weighted by Crippen LogP contribution is -2.53. The van der Waals surface area contributed by atoms with Crippen LogP contribution >= 0.6 is 0 Å². The minimum Gasteiger partial charge on any atom is -0.445 e. The van der Waals surface area contributed by atoms with E-state index < -0.39 is 0 Å². The van der Waals surface area contributed by atoms with Crippen LogP contribution in [0.4, 0.5) is 4.79 Å². The first-order valence-corrected chi connectivity index (χ1v) is 7.88. The van der Waals surface area contributed by atoms with Gasteiger partial charge < -0.3 is 15.4 Å². The molecule has 1 aromatic rings. The summed E-state index contributed by atoms with van der Waals surface area (Å²) in [6.07, 6.45) is 4.20. The Kier molecular flexibility index (Phi) is 6.05. The highest BCUT2D eigenvalue weighted by Gasteiger charge is 2.27. The van der Waals surface area contributed by atoms with Crippen molar-refractivity contribution < 1.29 is 9.53 Å². The highest BCUT2D eigenvalue weighted by Crippen LogP contribution is 2.19. The van der Waals surface area contributed by atoms with E-state index in [1.54, 1.807) is 0 Å². The third-order valence-electron chi connectivity index (χ3n) is 3.83. The molecule has 4 heteroatoms. The Bertz CT molecular complexity index is 434. The summed E-state index contributed by atoms with van der Waals surface area (Å²) in [4.78, 5) is 12.0. The van der Waals surface area contributed by atoms with Crippen LogP contribution in [0.1, 0.15) is 45.1 Å². The number of hydrogen-bond acceptors (Lipinski definition) is 3. The van der Waals surface area contributed by atoms with Gasteiger partial charge in [-0.2, -0.15) is 0 Å². The van der Waals surface area contributed by atoms with Gasteiger partial charge in [0, 0.05) is 18.1 Å². The predicted molar refractivity (Wildman–Crippen MR) is 84.1 cm³/mol. The average Bonchev–Trinajstić information content (AvgIpc) is 2.48. The van der Waals surface area contributed by atoms with Gasteiger partial charge in [0.1, 0.15) is 6.61 Å². The summed E-state index contributed by atoms with van der Waals surface area (Å²) in [6, 6.07) is 10.7. The average molecular weight is 290 g/mol. The first-order chi connectivity index (χ1) is 10.1. The number of carbonyl (C=O) groups excluding carboxylic acids is 1. The lowest BCUT2D eigenvalue weighted by molar-refractivity contribution is 0.128. The van der Waals surface area contributed by atoms with E-state index in [9.17, 15) is 4.79 Å². The van der Waals surface area contributed by atoms with Gasteiger partial charge in [0.2, 0.25) is 0 Å². The second-order valence-corrected chi connectivity index (χ2v) is 6.02. The van der Waals surface area contributed by atoms with Crippen LogP contribution in [0.15, 0.2) is 30.3 Å². The van der Waals surface area contributed by atoms with Crippen molar-refractivity contribution in [2.24, 2.45) is 0 Å². The fraction of sp³-hybridized carbons (Fsp3) is 0.588. The van der Waals surface area contributed by atoms with Gasteiger partial charge >= 0.3 is 6.09 Å². The van der Waals surface area contributed by atoms with Crippen LogP contribution in [0.25, 0.3) is 0 Å². The van der Waals surface area contributed by atoms with Gasteiger partial charge in [-0.1, -0.05) is 57.0 Å². The SMILES string of the molecule is CC(C)NC1CCCCC1NC(=O)OCc1ccccc1. The first kappa shape index (κ1) is 15.8. The molecule has 4 nitrogen and oxygen atoms in total. The van der Waals surface area contributed by atoms with Crippen molar-refractivity contribution in [2.75, 3.05) is 0 Å². The number of amides is 1. The quantitative estimate of drug-likeness (QED) is 0.875. The Morgan fingerprint density at radius 3 is 2.52 bits per heavy atom. The minimum atomic E-state index is -0.318. The highest BCUT2D eigenvalue weighted by molar-refractivity contribution is 5.67. The van der Waals surface area contributed by atoms with E-state index >= 15 is 0 Å². The molecule has 2 rings (SSSR count). The monoisotopic (exact) mass is 290 g/mol. The van der Waals surface area contributed by atoms with Crippen LogP contribution in [0.2, 0.25) is 0 Å². The van der Waals surface area contributed by atoms with Gasteiger partial charge in [0.05, 0.1) is 0 Å². The van der Waals surface area contributed by atoms with Gasteiger partial charge in [-0.3, -0.25) is 0 Å². The number of ether oxygens (including phenoxy) is 1. The molecule has 116 valence electrons. The van der Waals surface area contributed by atoms with Crippen LogP contribution < -0.4 is 10.6 Å². The summed E-state index contributed by atoms with van der Waals surface area (Å²) in [5.74, 6) is 0. The summed E-state index contributed by atoms with van der Waals surface area (Å²) in [5.41, 5.74) is 1.01. The smallest absolute Gasteiger partial charge is 0.407 e. The third-order valence-corrected chi connectivity index (χ3v) is 3.83. The van der Waals surface area contributed by atoms with Gasteiger partial charge in [-0.15, -0.1) is 0 Å². The van der Waals surface area contributed by atoms with E-state index in [4.69, 9.17) is 4.74 Å². The molecule has 2 unspecified atom stereocenters. The zero-order chi connectivity index (χ0) is 15.1. The highest BCUT2D eigenvalue weighted by atomic mass is 16.5. The van der Waals surface area contributed by atoms with Gasteiger partial charge in [-0.25, -0.2) is 4.79 Å². The molecule has 2 N–H and O–H groups in total. The van der Waals surface area contributed by atoms with E-state index in [0.717, 1.165) is 18.4 Å². The number of alkyl carbamates (subject to hydrolysis) is 1. The Morgan fingerprint density at radius 1 is 1.19 bits per heavy atom. The van der Waals surface area contributed by atoms with E-state index in [2.05, 4.69) is 24.5 Å². The van der Waals surface area contributed by atoms with Crippen LogP contribution in [0.3, 0.4) is 0 Å². The van der Waals surface area contributed by atoms with Crippen LogP contribution in [0.5, 0.6) is 0 Å². The molecule has 0 aliphatic heterocycles. The molecule has 1 aliphatic rings. The maximum absolute atomic E-state index is 12.0. The molecule has 1 aromatic carbocycles. The summed E-state index contributed by atoms with van der Waals surface area (Å²) in [6.45, 7) is 4.60. The molecule has 0 aromatic heterocycles. The maximum atomic E-state index is 12.0. The fourth-order valence-electron chi connectivity index (χ4n) is 2.85. The van der Waals surface area contributed by atoms with Crippen molar-refractivity contribution in [1.29, 1.82) is 0 Å². The number of hydrogen-bond donors (Lipinski definition) is 2. The van der Waals surface area contributed by atoms with E-state index in [-0.39, 0.29) is 12.1 Å². The summed E-state index contributed by atoms with van der Waals surface area (Å²) in [5, 5.41) is 6.56. The molecule has 0 heterocycles. The van der Waals surface area contributed by atoms with E-state index in [1.165, 1.54) is 12.8 Å². The number of carbonyl (C=O) groups is 1. The zero-order valence-corrected chi connectivity index (χ0v) is 13.0. The van der Waals surface area contributed by atoms with Gasteiger partial charge in [-0.05, 0) is 18.4 Å². The zero-order valence-electron chi connectivity index (χ0n) is 13.0. The van der Waals surface area contributed by atoms with Crippen molar-refractivity contribution >= 4 is 6.09 Å². The lowest BCUT2D eigenvalue weighted by atomic mass is 9.90. The Labute approximate surface area is 127 Å². The molecule has 0 saturated heterocycles. The summed E-state index contributed by atoms with van der Waals surface area (Å²) >= 11 is 0. The molecule has 1 aliphatic carbocycles. The second-order valence-electron chi connectivity index (χ2n) is 6.02. The van der Waals surface area contributed by atoms with Gasteiger partial charge in [0.15, 0.2) is 0 Å². The standard InChI is InChI=1S/C17H26N2O2/c1-13(2)18-15-10-6-7-11-16(15)19-17(20)21-12-14-8-4-3-5-9-14/h3-5,8-9,13,15-16,18H,6-7,10-12H2,1-2H3,(H,19,20). The Hall–Kier alpha value is -1.55. The first-order valence-electron chi connectivity index (χ1n) is 7.88.